The van der Waals surface area contributed by atoms with Crippen LogP contribution >= 0.6 is 0 Å². The molecular weight excluding hydrogens is 328 g/mol. The van der Waals surface area contributed by atoms with Crippen LogP contribution in [0.1, 0.15) is 24.2 Å². The van der Waals surface area contributed by atoms with Gasteiger partial charge in [-0.15, -0.1) is 0 Å². The van der Waals surface area contributed by atoms with Gasteiger partial charge in [0.15, 0.2) is 0 Å². The minimum atomic E-state index is 0.00601. The molecule has 0 bridgehead atoms. The minimum absolute atomic E-state index is 0.00601. The zero-order chi connectivity index (χ0) is 18.5. The van der Waals surface area contributed by atoms with Gasteiger partial charge in [0.2, 0.25) is 5.91 Å². The molecule has 1 aliphatic heterocycles. The predicted molar refractivity (Wildman–Crippen MR) is 102 cm³/mol. The maximum atomic E-state index is 12.3. The maximum absolute atomic E-state index is 12.3. The molecule has 0 radical (unpaired) electrons. The topological polar surface area (TPSA) is 59.4 Å². The minimum Gasteiger partial charge on any atom is -0.495 e. The average molecular weight is 356 g/mol. The Morgan fingerprint density at radius 1 is 1.27 bits per heavy atom. The summed E-state index contributed by atoms with van der Waals surface area (Å²) in [5.41, 5.74) is 3.02. The van der Waals surface area contributed by atoms with Gasteiger partial charge in [-0.3, -0.25) is 14.4 Å². The number of aromatic nitrogens is 2. The first-order valence-electron chi connectivity index (χ1n) is 9.21. The van der Waals surface area contributed by atoms with Crippen LogP contribution in [0.2, 0.25) is 0 Å². The molecule has 2 aromatic rings. The van der Waals surface area contributed by atoms with E-state index in [-0.39, 0.29) is 5.91 Å². The summed E-state index contributed by atoms with van der Waals surface area (Å²) in [4.78, 5) is 14.6. The number of likely N-dealkylation sites (tertiary alicyclic amines) is 1. The number of para-hydroxylation sites is 2. The van der Waals surface area contributed by atoms with Crippen molar-refractivity contribution in [2.75, 3.05) is 32.1 Å². The lowest BCUT2D eigenvalue weighted by molar-refractivity contribution is -0.117. The van der Waals surface area contributed by atoms with Crippen LogP contribution in [0.4, 0.5) is 5.69 Å². The number of benzene rings is 1. The number of nitrogens with zero attached hydrogens (tertiary/aromatic N) is 3. The van der Waals surface area contributed by atoms with Crippen LogP contribution in [0, 0.1) is 19.8 Å². The number of hydrogen-bond acceptors (Lipinski definition) is 4. The normalized spacial score (nSPS) is 15.8. The monoisotopic (exact) mass is 356 g/mol. The summed E-state index contributed by atoms with van der Waals surface area (Å²) in [6.07, 6.45) is 2.20. The number of amides is 1. The molecule has 0 atom stereocenters. The first-order valence-corrected chi connectivity index (χ1v) is 9.21. The molecular formula is C20H28N4O2. The molecule has 0 saturated carbocycles. The molecule has 26 heavy (non-hydrogen) atoms. The highest BCUT2D eigenvalue weighted by molar-refractivity contribution is 5.93. The van der Waals surface area contributed by atoms with Crippen LogP contribution < -0.4 is 10.1 Å². The van der Waals surface area contributed by atoms with Crippen molar-refractivity contribution in [3.8, 4) is 5.75 Å². The van der Waals surface area contributed by atoms with Gasteiger partial charge >= 0.3 is 0 Å². The van der Waals surface area contributed by atoms with Crippen LogP contribution in [0.15, 0.2) is 30.3 Å². The summed E-state index contributed by atoms with van der Waals surface area (Å²) in [6, 6.07) is 9.61. The largest absolute Gasteiger partial charge is 0.495 e. The standard InChI is InChI=1S/C20H28N4O2/c1-15-12-16(2)24(22-15)13-17-8-10-23(11-9-17)14-20(25)21-18-6-4-5-7-19(18)26-3/h4-7,12,17H,8-11,13-14H2,1-3H3,(H,21,25). The third-order valence-electron chi connectivity index (χ3n) is 4.99. The molecule has 1 aromatic heterocycles. The van der Waals surface area contributed by atoms with Crippen LogP contribution in [0.5, 0.6) is 5.75 Å². The van der Waals surface area contributed by atoms with Crippen LogP contribution in [0.3, 0.4) is 0 Å². The van der Waals surface area contributed by atoms with Crippen molar-refractivity contribution in [3.05, 3.63) is 41.7 Å². The second-order valence-electron chi connectivity index (χ2n) is 7.08. The van der Waals surface area contributed by atoms with Crippen molar-refractivity contribution < 1.29 is 9.53 Å². The van der Waals surface area contributed by atoms with Gasteiger partial charge in [-0.25, -0.2) is 0 Å². The van der Waals surface area contributed by atoms with Gasteiger partial charge in [0, 0.05) is 12.2 Å². The predicted octanol–water partition coefficient (Wildman–Crippen LogP) is 2.86. The second-order valence-corrected chi connectivity index (χ2v) is 7.08. The molecule has 0 spiro atoms. The van der Waals surface area contributed by atoms with E-state index < -0.39 is 0 Å². The lowest BCUT2D eigenvalue weighted by atomic mass is 9.97. The summed E-state index contributed by atoms with van der Waals surface area (Å²) in [7, 11) is 1.61. The van der Waals surface area contributed by atoms with Gasteiger partial charge in [0.1, 0.15) is 5.75 Å². The Kier molecular flexibility index (Phi) is 5.93. The van der Waals surface area contributed by atoms with Crippen molar-refractivity contribution in [2.24, 2.45) is 5.92 Å². The smallest absolute Gasteiger partial charge is 0.238 e. The van der Waals surface area contributed by atoms with E-state index >= 15 is 0 Å². The molecule has 140 valence electrons. The molecule has 1 N–H and O–H groups in total. The van der Waals surface area contributed by atoms with E-state index in [0.29, 0.717) is 18.2 Å². The molecule has 3 rings (SSSR count). The third-order valence-corrected chi connectivity index (χ3v) is 4.99. The lowest BCUT2D eigenvalue weighted by Crippen LogP contribution is -2.40. The number of hydrogen-bond donors (Lipinski definition) is 1. The van der Waals surface area contributed by atoms with Crippen LogP contribution in [-0.4, -0.2) is 47.3 Å². The van der Waals surface area contributed by atoms with Crippen molar-refractivity contribution in [3.63, 3.8) is 0 Å². The van der Waals surface area contributed by atoms with Crippen LogP contribution in [0.25, 0.3) is 0 Å². The van der Waals surface area contributed by atoms with Gasteiger partial charge in [-0.05, 0) is 63.9 Å². The molecule has 6 heteroatoms. The number of nitrogens with one attached hydrogen (secondary N) is 1. The molecule has 0 unspecified atom stereocenters. The molecule has 2 heterocycles. The first-order chi connectivity index (χ1) is 12.5. The number of rotatable bonds is 6. The highest BCUT2D eigenvalue weighted by Crippen LogP contribution is 2.23. The summed E-state index contributed by atoms with van der Waals surface area (Å²) >= 11 is 0. The molecule has 1 aliphatic rings. The SMILES string of the molecule is COc1ccccc1NC(=O)CN1CCC(Cn2nc(C)cc2C)CC1. The number of aryl methyl sites for hydroxylation is 2. The number of methoxy groups -OCH3 is 1. The van der Waals surface area contributed by atoms with E-state index in [1.807, 2.05) is 31.2 Å². The molecule has 6 nitrogen and oxygen atoms in total. The molecule has 1 fully saturated rings. The zero-order valence-corrected chi connectivity index (χ0v) is 15.9. The van der Waals surface area contributed by atoms with E-state index in [0.717, 1.165) is 43.9 Å². The Balaban J connectivity index is 1.46. The highest BCUT2D eigenvalue weighted by atomic mass is 16.5. The third kappa shape index (κ3) is 4.64. The fourth-order valence-electron chi connectivity index (χ4n) is 3.57. The molecule has 1 saturated heterocycles. The van der Waals surface area contributed by atoms with Crippen molar-refractivity contribution in [2.45, 2.75) is 33.2 Å². The first kappa shape index (κ1) is 18.5. The summed E-state index contributed by atoms with van der Waals surface area (Å²) in [5, 5.41) is 7.51. The van der Waals surface area contributed by atoms with E-state index in [2.05, 4.69) is 33.0 Å². The van der Waals surface area contributed by atoms with E-state index in [4.69, 9.17) is 4.74 Å². The maximum Gasteiger partial charge on any atom is 0.238 e. The molecule has 1 amide bonds. The Hall–Kier alpha value is -2.34. The average Bonchev–Trinajstić information content (AvgIpc) is 2.94. The van der Waals surface area contributed by atoms with E-state index in [1.165, 1.54) is 5.69 Å². The Labute approximate surface area is 155 Å². The quantitative estimate of drug-likeness (QED) is 0.865. The Morgan fingerprint density at radius 3 is 2.65 bits per heavy atom. The van der Waals surface area contributed by atoms with Gasteiger partial charge in [0.25, 0.3) is 0 Å². The summed E-state index contributed by atoms with van der Waals surface area (Å²) in [6.45, 7) is 7.43. The van der Waals surface area contributed by atoms with Crippen molar-refractivity contribution >= 4 is 11.6 Å². The Bertz CT molecular complexity index is 748. The second kappa shape index (κ2) is 8.36. The number of ether oxygens (including phenoxy) is 1. The molecule has 0 aliphatic carbocycles. The van der Waals surface area contributed by atoms with Crippen LogP contribution in [-0.2, 0) is 11.3 Å². The number of anilines is 1. The number of carbonyl (C=O) groups excluding carboxylic acids is 1. The Morgan fingerprint density at radius 2 is 2.00 bits per heavy atom. The van der Waals surface area contributed by atoms with Gasteiger partial charge in [-0.2, -0.15) is 5.10 Å². The van der Waals surface area contributed by atoms with Gasteiger partial charge in [0.05, 0.1) is 25.0 Å². The van der Waals surface area contributed by atoms with E-state index in [1.54, 1.807) is 7.11 Å². The highest BCUT2D eigenvalue weighted by Gasteiger charge is 2.22. The number of piperidine rings is 1. The number of carbonyl (C=O) groups is 1. The fraction of sp³-hybridized carbons (Fsp3) is 0.500. The molecule has 1 aromatic carbocycles. The van der Waals surface area contributed by atoms with Gasteiger partial charge in [-0.1, -0.05) is 12.1 Å². The lowest BCUT2D eigenvalue weighted by Gasteiger charge is -2.31. The summed E-state index contributed by atoms with van der Waals surface area (Å²) < 4.78 is 7.40. The zero-order valence-electron chi connectivity index (χ0n) is 15.9. The van der Waals surface area contributed by atoms with E-state index in [9.17, 15) is 4.79 Å². The fourth-order valence-corrected chi connectivity index (χ4v) is 3.57. The van der Waals surface area contributed by atoms with Gasteiger partial charge < -0.3 is 10.1 Å². The van der Waals surface area contributed by atoms with Crippen molar-refractivity contribution in [1.29, 1.82) is 0 Å². The van der Waals surface area contributed by atoms with Crippen molar-refractivity contribution in [1.82, 2.24) is 14.7 Å². The summed E-state index contributed by atoms with van der Waals surface area (Å²) in [5.74, 6) is 1.32.